The van der Waals surface area contributed by atoms with Gasteiger partial charge in [-0.05, 0) is 47.3 Å². The van der Waals surface area contributed by atoms with Crippen molar-refractivity contribution in [2.75, 3.05) is 0 Å². The number of aromatic nitrogens is 3. The van der Waals surface area contributed by atoms with Gasteiger partial charge in [0.2, 0.25) is 5.71 Å². The molecule has 0 amide bonds. The van der Waals surface area contributed by atoms with Crippen LogP contribution in [0.15, 0.2) is 118 Å². The van der Waals surface area contributed by atoms with Crippen LogP contribution in [0.25, 0.3) is 93.3 Å². The summed E-state index contributed by atoms with van der Waals surface area (Å²) in [7, 11) is 0. The minimum absolute atomic E-state index is 0.523. The predicted octanol–water partition coefficient (Wildman–Crippen LogP) is 9.99. The van der Waals surface area contributed by atoms with Crippen molar-refractivity contribution in [1.29, 1.82) is 0 Å². The van der Waals surface area contributed by atoms with Crippen LogP contribution in [-0.2, 0) is 0 Å². The summed E-state index contributed by atoms with van der Waals surface area (Å²) in [6.07, 6.45) is 0. The molecule has 0 N–H and O–H groups in total. The smallest absolute Gasteiger partial charge is 0.248 e. The Kier molecular flexibility index (Phi) is 4.06. The number of hydrogen-bond donors (Lipinski definition) is 0. The average molecular weight is 540 g/mol. The molecular formula is C37H21N3O2. The Bertz CT molecular complexity index is 2760. The highest BCUT2D eigenvalue weighted by molar-refractivity contribution is 6.36. The first kappa shape index (κ1) is 22.1. The number of fused-ring (bicyclic) bond motifs is 15. The van der Waals surface area contributed by atoms with Gasteiger partial charge >= 0.3 is 0 Å². The Balaban J connectivity index is 1.47. The van der Waals surface area contributed by atoms with Gasteiger partial charge < -0.3 is 8.83 Å². The maximum atomic E-state index is 6.96. The molecule has 0 aliphatic heterocycles. The van der Waals surface area contributed by atoms with E-state index in [9.17, 15) is 0 Å². The van der Waals surface area contributed by atoms with Crippen molar-refractivity contribution < 1.29 is 8.83 Å². The van der Waals surface area contributed by atoms with Crippen molar-refractivity contribution in [3.05, 3.63) is 115 Å². The fourth-order valence-electron chi connectivity index (χ4n) is 6.94. The molecule has 10 rings (SSSR count). The largest absolute Gasteiger partial charge is 0.453 e. The van der Waals surface area contributed by atoms with Crippen LogP contribution in [0.4, 0.5) is 0 Å². The molecule has 4 aromatic heterocycles. The van der Waals surface area contributed by atoms with Crippen LogP contribution in [0, 0.1) is 6.92 Å². The van der Waals surface area contributed by atoms with Gasteiger partial charge in [0, 0.05) is 32.3 Å². The van der Waals surface area contributed by atoms with Crippen LogP contribution in [0.1, 0.15) is 5.69 Å². The lowest BCUT2D eigenvalue weighted by molar-refractivity contribution is 0.650. The van der Waals surface area contributed by atoms with E-state index in [0.29, 0.717) is 5.71 Å². The third-order valence-electron chi connectivity index (χ3n) is 8.71. The molecule has 0 bridgehead atoms. The van der Waals surface area contributed by atoms with E-state index in [1.54, 1.807) is 0 Å². The second-order valence-electron chi connectivity index (χ2n) is 11.0. The van der Waals surface area contributed by atoms with Crippen LogP contribution in [0.3, 0.4) is 0 Å². The van der Waals surface area contributed by atoms with E-state index in [1.807, 2.05) is 31.2 Å². The highest BCUT2D eigenvalue weighted by Crippen LogP contribution is 2.46. The van der Waals surface area contributed by atoms with E-state index in [0.717, 1.165) is 82.5 Å². The maximum Gasteiger partial charge on any atom is 0.248 e. The molecule has 0 aliphatic carbocycles. The van der Waals surface area contributed by atoms with Gasteiger partial charge in [-0.15, -0.1) is 0 Å². The van der Waals surface area contributed by atoms with Crippen molar-refractivity contribution >= 4 is 87.5 Å². The third-order valence-corrected chi connectivity index (χ3v) is 8.71. The van der Waals surface area contributed by atoms with Crippen LogP contribution in [0.2, 0.25) is 0 Å². The number of benzene rings is 6. The summed E-state index contributed by atoms with van der Waals surface area (Å²) in [6.45, 7) is 2.02. The molecule has 0 saturated heterocycles. The third kappa shape index (κ3) is 2.68. The molecule has 5 heteroatoms. The number of aryl methyl sites for hydroxylation is 1. The number of furan rings is 2. The molecule has 5 nitrogen and oxygen atoms in total. The monoisotopic (exact) mass is 539 g/mol. The summed E-state index contributed by atoms with van der Waals surface area (Å²) in [5.41, 5.74) is 6.67. The number of para-hydroxylation sites is 2. The van der Waals surface area contributed by atoms with Crippen LogP contribution < -0.4 is 0 Å². The first-order valence-electron chi connectivity index (χ1n) is 14.1. The van der Waals surface area contributed by atoms with Gasteiger partial charge in [0.1, 0.15) is 16.7 Å². The van der Waals surface area contributed by atoms with Crippen molar-refractivity contribution in [2.45, 2.75) is 6.92 Å². The van der Waals surface area contributed by atoms with Crippen molar-refractivity contribution in [1.82, 2.24) is 14.5 Å². The van der Waals surface area contributed by atoms with E-state index in [2.05, 4.69) is 89.5 Å². The Morgan fingerprint density at radius 3 is 2.10 bits per heavy atom. The molecule has 0 atom stereocenters. The first-order chi connectivity index (χ1) is 20.8. The van der Waals surface area contributed by atoms with Gasteiger partial charge in [0.25, 0.3) is 0 Å². The quantitative estimate of drug-likeness (QED) is 0.208. The Morgan fingerprint density at radius 2 is 1.24 bits per heavy atom. The highest BCUT2D eigenvalue weighted by Gasteiger charge is 2.25. The van der Waals surface area contributed by atoms with Gasteiger partial charge in [0.15, 0.2) is 11.4 Å². The van der Waals surface area contributed by atoms with Crippen LogP contribution in [-0.4, -0.2) is 14.5 Å². The molecule has 0 saturated carbocycles. The molecule has 10 aromatic rings. The van der Waals surface area contributed by atoms with E-state index in [-0.39, 0.29) is 0 Å². The number of rotatable bonds is 1. The highest BCUT2D eigenvalue weighted by atomic mass is 16.3. The fraction of sp³-hybridized carbons (Fsp3) is 0.0270. The van der Waals surface area contributed by atoms with E-state index < -0.39 is 0 Å². The zero-order valence-corrected chi connectivity index (χ0v) is 22.6. The van der Waals surface area contributed by atoms with E-state index in [4.69, 9.17) is 18.8 Å². The van der Waals surface area contributed by atoms with Crippen LogP contribution >= 0.6 is 0 Å². The molecule has 0 aliphatic rings. The zero-order chi connectivity index (χ0) is 27.5. The summed E-state index contributed by atoms with van der Waals surface area (Å²) < 4.78 is 15.4. The minimum atomic E-state index is 0.523. The zero-order valence-electron chi connectivity index (χ0n) is 22.6. The summed E-state index contributed by atoms with van der Waals surface area (Å²) in [4.78, 5) is 10.2. The fourth-order valence-corrected chi connectivity index (χ4v) is 6.94. The summed E-state index contributed by atoms with van der Waals surface area (Å²) >= 11 is 0. The first-order valence-corrected chi connectivity index (χ1v) is 14.1. The summed E-state index contributed by atoms with van der Waals surface area (Å²) in [5, 5.41) is 10.1. The maximum absolute atomic E-state index is 6.96. The SMILES string of the molecule is Cc1nc2c(nc1-n1c3ccccc3c3c4ccccc4c4c5ccc6ccccc6c5oc4c31)oc1ccccc12. The Morgan fingerprint density at radius 1 is 0.548 bits per heavy atom. The lowest BCUT2D eigenvalue weighted by Crippen LogP contribution is -2.03. The van der Waals surface area contributed by atoms with Gasteiger partial charge in [0.05, 0.1) is 16.7 Å². The molecule has 0 fully saturated rings. The minimum Gasteiger partial charge on any atom is -0.453 e. The summed E-state index contributed by atoms with van der Waals surface area (Å²) in [5.74, 6) is 0.731. The van der Waals surface area contributed by atoms with Crippen molar-refractivity contribution in [3.8, 4) is 5.82 Å². The molecule has 6 aromatic carbocycles. The molecule has 4 heterocycles. The van der Waals surface area contributed by atoms with Gasteiger partial charge in [-0.25, -0.2) is 4.98 Å². The molecule has 42 heavy (non-hydrogen) atoms. The van der Waals surface area contributed by atoms with Crippen LogP contribution in [0.5, 0.6) is 0 Å². The Labute approximate surface area is 238 Å². The number of hydrogen-bond acceptors (Lipinski definition) is 4. The van der Waals surface area contributed by atoms with Gasteiger partial charge in [-0.3, -0.25) is 4.57 Å². The van der Waals surface area contributed by atoms with Crippen molar-refractivity contribution in [2.24, 2.45) is 0 Å². The standard InChI is InChI=1S/C37H21N3O2/c1-20-36(39-37-32(38-20)26-15-7-9-17-29(26)41-37)40-28-16-8-6-14-25(28)30-23-12-4-5-13-24(23)31-27-19-18-21-10-2-3-11-22(21)34(27)42-35(31)33(30)40/h2-19H,1H3. The molecular weight excluding hydrogens is 518 g/mol. The van der Waals surface area contributed by atoms with E-state index >= 15 is 0 Å². The summed E-state index contributed by atoms with van der Waals surface area (Å²) in [6, 6.07) is 37.9. The second kappa shape index (κ2) is 7.74. The second-order valence-corrected chi connectivity index (χ2v) is 11.0. The predicted molar refractivity (Wildman–Crippen MR) is 171 cm³/mol. The van der Waals surface area contributed by atoms with Crippen molar-refractivity contribution in [3.63, 3.8) is 0 Å². The molecule has 0 spiro atoms. The molecule has 196 valence electrons. The lowest BCUT2D eigenvalue weighted by atomic mass is 9.98. The number of nitrogens with zero attached hydrogens (tertiary/aromatic N) is 3. The Hall–Kier alpha value is -5.68. The van der Waals surface area contributed by atoms with Gasteiger partial charge in [-0.1, -0.05) is 84.9 Å². The average Bonchev–Trinajstić information content (AvgIpc) is 3.71. The van der Waals surface area contributed by atoms with Gasteiger partial charge in [-0.2, -0.15) is 4.98 Å². The topological polar surface area (TPSA) is 57.0 Å². The lowest BCUT2D eigenvalue weighted by Gasteiger charge is -2.10. The van der Waals surface area contributed by atoms with E-state index in [1.165, 1.54) is 10.8 Å². The molecule has 0 radical (unpaired) electrons. The molecule has 0 unspecified atom stereocenters. The normalized spacial score (nSPS) is 12.4.